The zero-order chi connectivity index (χ0) is 21.8. The Morgan fingerprint density at radius 2 is 1.68 bits per heavy atom. The van der Waals surface area contributed by atoms with E-state index in [0.29, 0.717) is 42.6 Å². The van der Waals surface area contributed by atoms with Gasteiger partial charge >= 0.3 is 0 Å². The molecule has 7 nitrogen and oxygen atoms in total. The van der Waals surface area contributed by atoms with E-state index in [1.165, 1.54) is 4.90 Å². The van der Waals surface area contributed by atoms with Crippen molar-refractivity contribution in [2.45, 2.75) is 70.3 Å². The minimum absolute atomic E-state index is 0.0277. The molecule has 2 heterocycles. The first kappa shape index (κ1) is 21.5. The fourth-order valence-corrected chi connectivity index (χ4v) is 4.92. The van der Waals surface area contributed by atoms with Crippen LogP contribution in [0.4, 0.5) is 0 Å². The van der Waals surface area contributed by atoms with Gasteiger partial charge in [0.05, 0.1) is 11.1 Å². The molecule has 166 valence electrons. The van der Waals surface area contributed by atoms with Crippen molar-refractivity contribution in [1.82, 2.24) is 15.1 Å². The molecule has 0 bridgehead atoms. The normalized spacial score (nSPS) is 20.1. The number of benzene rings is 1. The van der Waals surface area contributed by atoms with E-state index in [1.807, 2.05) is 4.90 Å². The summed E-state index contributed by atoms with van der Waals surface area (Å²) < 4.78 is 0. The van der Waals surface area contributed by atoms with E-state index in [2.05, 4.69) is 5.32 Å². The number of nitrogens with one attached hydrogen (secondary N) is 1. The molecule has 0 atom stereocenters. The maximum atomic E-state index is 12.9. The molecule has 2 aliphatic heterocycles. The van der Waals surface area contributed by atoms with E-state index in [1.54, 1.807) is 18.2 Å². The van der Waals surface area contributed by atoms with Crippen LogP contribution in [0, 0.1) is 0 Å². The summed E-state index contributed by atoms with van der Waals surface area (Å²) in [6.07, 6.45) is 9.34. The van der Waals surface area contributed by atoms with Crippen molar-refractivity contribution in [3.05, 3.63) is 34.9 Å². The number of nitrogens with zero attached hydrogens (tertiary/aromatic N) is 2. The number of amides is 4. The minimum Gasteiger partial charge on any atom is -0.352 e. The second kappa shape index (κ2) is 9.62. The molecule has 0 unspecified atom stereocenters. The number of rotatable bonds is 6. The molecule has 1 saturated heterocycles. The van der Waals surface area contributed by atoms with E-state index in [-0.39, 0.29) is 29.7 Å². The van der Waals surface area contributed by atoms with Crippen molar-refractivity contribution in [2.24, 2.45) is 0 Å². The summed E-state index contributed by atoms with van der Waals surface area (Å²) in [7, 11) is 0. The van der Waals surface area contributed by atoms with Crippen molar-refractivity contribution in [3.8, 4) is 0 Å². The molecule has 0 radical (unpaired) electrons. The Hall–Kier alpha value is -2.70. The maximum absolute atomic E-state index is 12.9. The number of carbonyl (C=O) groups excluding carboxylic acids is 4. The second-order valence-corrected chi connectivity index (χ2v) is 8.83. The molecular formula is C24H31N3O4. The standard InChI is InChI=1S/C24H31N3O4/c28-21-10-5-2-6-14-26(21)15-7-13-25-22(29)17-11-12-19-20(16-17)24(31)27(23(19)30)18-8-3-1-4-9-18/h11-12,16,18H,1-10,13-15H2,(H,25,29). The first-order valence-corrected chi connectivity index (χ1v) is 11.6. The molecule has 2 fully saturated rings. The smallest absolute Gasteiger partial charge is 0.261 e. The Bertz CT molecular complexity index is 876. The number of fused-ring (bicyclic) bond motifs is 1. The Labute approximate surface area is 183 Å². The van der Waals surface area contributed by atoms with Gasteiger partial charge in [0, 0.05) is 37.7 Å². The van der Waals surface area contributed by atoms with Crippen LogP contribution in [0.15, 0.2) is 18.2 Å². The number of hydrogen-bond acceptors (Lipinski definition) is 4. The predicted molar refractivity (Wildman–Crippen MR) is 116 cm³/mol. The summed E-state index contributed by atoms with van der Waals surface area (Å²) in [5.41, 5.74) is 1.11. The summed E-state index contributed by atoms with van der Waals surface area (Å²) in [5, 5.41) is 2.87. The molecule has 3 aliphatic rings. The van der Waals surface area contributed by atoms with Gasteiger partial charge in [0.15, 0.2) is 0 Å². The Morgan fingerprint density at radius 3 is 2.48 bits per heavy atom. The number of imide groups is 1. The Kier molecular flexibility index (Phi) is 6.68. The van der Waals surface area contributed by atoms with Crippen molar-refractivity contribution in [3.63, 3.8) is 0 Å². The van der Waals surface area contributed by atoms with E-state index in [9.17, 15) is 19.2 Å². The third-order valence-electron chi connectivity index (χ3n) is 6.68. The molecular weight excluding hydrogens is 394 g/mol. The zero-order valence-electron chi connectivity index (χ0n) is 18.0. The van der Waals surface area contributed by atoms with Gasteiger partial charge in [-0.3, -0.25) is 24.1 Å². The van der Waals surface area contributed by atoms with Crippen LogP contribution in [0.3, 0.4) is 0 Å². The molecule has 1 aromatic carbocycles. The van der Waals surface area contributed by atoms with Crippen LogP contribution < -0.4 is 5.32 Å². The zero-order valence-corrected chi connectivity index (χ0v) is 18.0. The first-order valence-electron chi connectivity index (χ1n) is 11.6. The van der Waals surface area contributed by atoms with Crippen LogP contribution in [0.5, 0.6) is 0 Å². The van der Waals surface area contributed by atoms with Gasteiger partial charge in [-0.25, -0.2) is 0 Å². The quantitative estimate of drug-likeness (QED) is 0.560. The molecule has 4 amide bonds. The van der Waals surface area contributed by atoms with Gasteiger partial charge in [0.25, 0.3) is 17.7 Å². The lowest BCUT2D eigenvalue weighted by atomic mass is 9.94. The van der Waals surface area contributed by atoms with Crippen molar-refractivity contribution in [2.75, 3.05) is 19.6 Å². The average Bonchev–Trinajstić information content (AvgIpc) is 2.91. The third kappa shape index (κ3) is 4.65. The van der Waals surface area contributed by atoms with E-state index < -0.39 is 0 Å². The van der Waals surface area contributed by atoms with Crippen molar-refractivity contribution in [1.29, 1.82) is 0 Å². The van der Waals surface area contributed by atoms with Crippen molar-refractivity contribution < 1.29 is 19.2 Å². The van der Waals surface area contributed by atoms with E-state index >= 15 is 0 Å². The van der Waals surface area contributed by atoms with Crippen molar-refractivity contribution >= 4 is 23.6 Å². The Morgan fingerprint density at radius 1 is 0.935 bits per heavy atom. The lowest BCUT2D eigenvalue weighted by Gasteiger charge is -2.29. The average molecular weight is 426 g/mol. The number of hydrogen-bond donors (Lipinski definition) is 1. The fourth-order valence-electron chi connectivity index (χ4n) is 4.92. The highest BCUT2D eigenvalue weighted by atomic mass is 16.2. The summed E-state index contributed by atoms with van der Waals surface area (Å²) in [5.74, 6) is -0.572. The highest BCUT2D eigenvalue weighted by Gasteiger charge is 2.40. The summed E-state index contributed by atoms with van der Waals surface area (Å²) in [4.78, 5) is 53.6. The first-order chi connectivity index (χ1) is 15.1. The number of carbonyl (C=O) groups is 4. The molecule has 7 heteroatoms. The van der Waals surface area contributed by atoms with Crippen LogP contribution in [0.25, 0.3) is 0 Å². The highest BCUT2D eigenvalue weighted by Crippen LogP contribution is 2.31. The lowest BCUT2D eigenvalue weighted by Crippen LogP contribution is -2.40. The van der Waals surface area contributed by atoms with E-state index in [0.717, 1.165) is 57.9 Å². The van der Waals surface area contributed by atoms with Gasteiger partial charge in [0.2, 0.25) is 5.91 Å². The highest BCUT2D eigenvalue weighted by molar-refractivity contribution is 6.22. The largest absolute Gasteiger partial charge is 0.352 e. The van der Waals surface area contributed by atoms with Gasteiger partial charge < -0.3 is 10.2 Å². The molecule has 4 rings (SSSR count). The van der Waals surface area contributed by atoms with Gasteiger partial charge in [-0.15, -0.1) is 0 Å². The van der Waals surface area contributed by atoms with Gasteiger partial charge in [-0.1, -0.05) is 25.7 Å². The fraction of sp³-hybridized carbons (Fsp3) is 0.583. The summed E-state index contributed by atoms with van der Waals surface area (Å²) in [6, 6.07) is 4.73. The summed E-state index contributed by atoms with van der Waals surface area (Å²) >= 11 is 0. The molecule has 0 aromatic heterocycles. The van der Waals surface area contributed by atoms with Crippen LogP contribution in [-0.4, -0.2) is 59.1 Å². The molecule has 0 spiro atoms. The molecule has 1 aromatic rings. The van der Waals surface area contributed by atoms with E-state index in [4.69, 9.17) is 0 Å². The summed E-state index contributed by atoms with van der Waals surface area (Å²) in [6.45, 7) is 1.90. The topological polar surface area (TPSA) is 86.8 Å². The van der Waals surface area contributed by atoms with Gasteiger partial charge in [-0.2, -0.15) is 0 Å². The lowest BCUT2D eigenvalue weighted by molar-refractivity contribution is -0.130. The number of likely N-dealkylation sites (tertiary alicyclic amines) is 1. The van der Waals surface area contributed by atoms with Crippen LogP contribution in [0.2, 0.25) is 0 Å². The molecule has 1 N–H and O–H groups in total. The Balaban J connectivity index is 1.33. The van der Waals surface area contributed by atoms with Crippen LogP contribution in [-0.2, 0) is 4.79 Å². The molecule has 31 heavy (non-hydrogen) atoms. The maximum Gasteiger partial charge on any atom is 0.261 e. The third-order valence-corrected chi connectivity index (χ3v) is 6.68. The van der Waals surface area contributed by atoms with Gasteiger partial charge in [-0.05, 0) is 50.3 Å². The molecule has 1 aliphatic carbocycles. The van der Waals surface area contributed by atoms with Crippen LogP contribution in [0.1, 0.15) is 95.3 Å². The monoisotopic (exact) mass is 425 g/mol. The van der Waals surface area contributed by atoms with Crippen LogP contribution >= 0.6 is 0 Å². The molecule has 1 saturated carbocycles. The van der Waals surface area contributed by atoms with Gasteiger partial charge in [0.1, 0.15) is 0 Å². The minimum atomic E-state index is -0.277. The predicted octanol–water partition coefficient (Wildman–Crippen LogP) is 3.14. The second-order valence-electron chi connectivity index (χ2n) is 8.83. The SMILES string of the molecule is O=C(NCCCN1CCCCCC1=O)c1ccc2c(c1)C(=O)N(C1CCCCC1)C2=O.